The lowest BCUT2D eigenvalue weighted by Gasteiger charge is -2.40. The van der Waals surface area contributed by atoms with Crippen LogP contribution in [0.4, 0.5) is 5.95 Å². The molecule has 0 fully saturated rings. The number of fused-ring (bicyclic) bond motifs is 1. The molecular formula is C21H21Cl2N5O. The molecule has 1 aliphatic heterocycles. The monoisotopic (exact) mass is 429 g/mol. The molecule has 8 heteroatoms. The second-order valence-corrected chi connectivity index (χ2v) is 8.88. The normalized spacial score (nSPS) is 15.2. The summed E-state index contributed by atoms with van der Waals surface area (Å²) in [7, 11) is 0. The lowest BCUT2D eigenvalue weighted by molar-refractivity contribution is 0.274. The summed E-state index contributed by atoms with van der Waals surface area (Å²) in [5, 5.41) is 1.26. The average Bonchev–Trinajstić information content (AvgIpc) is 2.68. The Bertz CT molecular complexity index is 1100. The molecule has 4 rings (SSSR count). The number of rotatable bonds is 4. The summed E-state index contributed by atoms with van der Waals surface area (Å²) in [5.74, 6) is 0.663. The Morgan fingerprint density at radius 3 is 2.66 bits per heavy atom. The Hall–Kier alpha value is -2.44. The molecule has 0 radical (unpaired) electrons. The zero-order valence-electron chi connectivity index (χ0n) is 16.3. The molecular weight excluding hydrogens is 409 g/mol. The van der Waals surface area contributed by atoms with Crippen LogP contribution in [0.5, 0.6) is 0 Å². The summed E-state index contributed by atoms with van der Waals surface area (Å²) in [5.41, 5.74) is 2.06. The molecule has 0 atom stereocenters. The highest BCUT2D eigenvalue weighted by Gasteiger charge is 2.32. The highest BCUT2D eigenvalue weighted by molar-refractivity contribution is 6.35. The van der Waals surface area contributed by atoms with E-state index >= 15 is 0 Å². The first-order valence-electron chi connectivity index (χ1n) is 9.40. The van der Waals surface area contributed by atoms with Crippen molar-refractivity contribution in [1.29, 1.82) is 0 Å². The van der Waals surface area contributed by atoms with Crippen LogP contribution in [0.1, 0.15) is 19.4 Å². The van der Waals surface area contributed by atoms with Crippen LogP contribution in [-0.4, -0.2) is 32.6 Å². The summed E-state index contributed by atoms with van der Waals surface area (Å²) < 4.78 is 1.75. The van der Waals surface area contributed by atoms with E-state index in [2.05, 4.69) is 28.7 Å². The maximum atomic E-state index is 12.9. The molecule has 0 amide bonds. The van der Waals surface area contributed by atoms with Crippen LogP contribution in [0.3, 0.4) is 0 Å². The third-order valence-electron chi connectivity index (χ3n) is 4.99. The van der Waals surface area contributed by atoms with Crippen molar-refractivity contribution in [2.45, 2.75) is 26.8 Å². The van der Waals surface area contributed by atoms with Crippen molar-refractivity contribution in [2.24, 2.45) is 5.41 Å². The molecule has 0 N–H and O–H groups in total. The minimum Gasteiger partial charge on any atom is -0.341 e. The van der Waals surface area contributed by atoms with E-state index in [-0.39, 0.29) is 11.0 Å². The molecule has 0 saturated heterocycles. The molecule has 3 heterocycles. The summed E-state index contributed by atoms with van der Waals surface area (Å²) >= 11 is 12.4. The van der Waals surface area contributed by atoms with E-state index in [1.165, 1.54) is 6.33 Å². The van der Waals surface area contributed by atoms with E-state index in [4.69, 9.17) is 28.2 Å². The van der Waals surface area contributed by atoms with Gasteiger partial charge in [0.25, 0.3) is 5.56 Å². The number of anilines is 1. The van der Waals surface area contributed by atoms with Gasteiger partial charge in [0.15, 0.2) is 0 Å². The van der Waals surface area contributed by atoms with Gasteiger partial charge in [0.05, 0.1) is 11.4 Å². The molecule has 29 heavy (non-hydrogen) atoms. The fourth-order valence-electron chi connectivity index (χ4n) is 3.68. The summed E-state index contributed by atoms with van der Waals surface area (Å²) in [4.78, 5) is 28.0. The van der Waals surface area contributed by atoms with Crippen molar-refractivity contribution in [1.82, 2.24) is 19.5 Å². The van der Waals surface area contributed by atoms with Crippen LogP contribution < -0.4 is 10.5 Å². The molecule has 150 valence electrons. The Labute approximate surface area is 179 Å². The maximum absolute atomic E-state index is 12.9. The van der Waals surface area contributed by atoms with E-state index in [1.54, 1.807) is 29.0 Å². The lowest BCUT2D eigenvalue weighted by atomic mass is 9.91. The fourth-order valence-corrected chi connectivity index (χ4v) is 4.18. The van der Waals surface area contributed by atoms with E-state index in [0.29, 0.717) is 40.5 Å². The van der Waals surface area contributed by atoms with E-state index < -0.39 is 0 Å². The Balaban J connectivity index is 1.70. The van der Waals surface area contributed by atoms with Gasteiger partial charge in [-0.1, -0.05) is 43.1 Å². The van der Waals surface area contributed by atoms with Gasteiger partial charge in [-0.05, 0) is 30.2 Å². The molecule has 0 bridgehead atoms. The van der Waals surface area contributed by atoms with E-state index in [0.717, 1.165) is 18.5 Å². The SMILES string of the molecule is CC1(C)CN(CCc2ccc(Cl)cc2Cl)c2nc(-c3ccncn3)cc(=O)n2C1. The first-order chi connectivity index (χ1) is 13.8. The molecule has 0 spiro atoms. The third kappa shape index (κ3) is 4.28. The van der Waals surface area contributed by atoms with Gasteiger partial charge in [0.1, 0.15) is 6.33 Å². The molecule has 0 aliphatic carbocycles. The van der Waals surface area contributed by atoms with Gasteiger partial charge in [0.2, 0.25) is 5.95 Å². The largest absolute Gasteiger partial charge is 0.341 e. The van der Waals surface area contributed by atoms with Crippen molar-refractivity contribution in [3.8, 4) is 11.4 Å². The Morgan fingerprint density at radius 1 is 1.10 bits per heavy atom. The van der Waals surface area contributed by atoms with Gasteiger partial charge in [-0.25, -0.2) is 15.0 Å². The van der Waals surface area contributed by atoms with Crippen molar-refractivity contribution in [3.05, 3.63) is 68.8 Å². The summed E-state index contributed by atoms with van der Waals surface area (Å²) in [6.45, 7) is 6.41. The van der Waals surface area contributed by atoms with Crippen molar-refractivity contribution in [3.63, 3.8) is 0 Å². The summed E-state index contributed by atoms with van der Waals surface area (Å²) in [6, 6.07) is 8.83. The number of hydrogen-bond donors (Lipinski definition) is 0. The fraction of sp³-hybridized carbons (Fsp3) is 0.333. The molecule has 0 saturated carbocycles. The smallest absolute Gasteiger partial charge is 0.255 e. The molecule has 0 unspecified atom stereocenters. The minimum atomic E-state index is -0.0779. The molecule has 6 nitrogen and oxygen atoms in total. The van der Waals surface area contributed by atoms with Crippen molar-refractivity contribution >= 4 is 29.2 Å². The van der Waals surface area contributed by atoms with Gasteiger partial charge in [-0.3, -0.25) is 9.36 Å². The zero-order valence-corrected chi connectivity index (χ0v) is 17.8. The molecule has 3 aromatic rings. The summed E-state index contributed by atoms with van der Waals surface area (Å²) in [6.07, 6.45) is 3.82. The number of halogens is 2. The van der Waals surface area contributed by atoms with Crippen LogP contribution in [0, 0.1) is 5.41 Å². The van der Waals surface area contributed by atoms with Gasteiger partial charge < -0.3 is 4.90 Å². The highest BCUT2D eigenvalue weighted by Crippen LogP contribution is 2.30. The average molecular weight is 430 g/mol. The minimum absolute atomic E-state index is 0.0568. The van der Waals surface area contributed by atoms with E-state index in [9.17, 15) is 4.79 Å². The standard InChI is InChI=1S/C21H21Cl2N5O/c1-21(2)11-27(8-6-14-3-4-15(22)9-16(14)23)20-26-18(10-19(29)28(20)12-21)17-5-7-24-13-25-17/h3-5,7,9-10,13H,6,8,11-12H2,1-2H3. The van der Waals surface area contributed by atoms with Gasteiger partial charge in [0, 0.05) is 47.4 Å². The maximum Gasteiger partial charge on any atom is 0.255 e. The van der Waals surface area contributed by atoms with Crippen molar-refractivity contribution in [2.75, 3.05) is 18.0 Å². The third-order valence-corrected chi connectivity index (χ3v) is 5.57. The number of benzene rings is 1. The predicted octanol–water partition coefficient (Wildman–Crippen LogP) is 4.10. The first-order valence-corrected chi connectivity index (χ1v) is 10.2. The van der Waals surface area contributed by atoms with Crippen LogP contribution >= 0.6 is 23.2 Å². The Kier molecular flexibility index (Phi) is 5.32. The van der Waals surface area contributed by atoms with Crippen molar-refractivity contribution < 1.29 is 0 Å². The molecule has 2 aromatic heterocycles. The van der Waals surface area contributed by atoms with Crippen LogP contribution in [0.2, 0.25) is 10.0 Å². The highest BCUT2D eigenvalue weighted by atomic mass is 35.5. The second-order valence-electron chi connectivity index (χ2n) is 8.03. The van der Waals surface area contributed by atoms with Gasteiger partial charge >= 0.3 is 0 Å². The predicted molar refractivity (Wildman–Crippen MR) is 116 cm³/mol. The molecule has 1 aliphatic rings. The number of nitrogens with zero attached hydrogens (tertiary/aromatic N) is 5. The van der Waals surface area contributed by atoms with Crippen LogP contribution in [-0.2, 0) is 13.0 Å². The van der Waals surface area contributed by atoms with Gasteiger partial charge in [-0.15, -0.1) is 0 Å². The number of hydrogen-bond acceptors (Lipinski definition) is 5. The first kappa shape index (κ1) is 19.9. The van der Waals surface area contributed by atoms with Crippen LogP contribution in [0.25, 0.3) is 11.4 Å². The van der Waals surface area contributed by atoms with Gasteiger partial charge in [-0.2, -0.15) is 0 Å². The quantitative estimate of drug-likeness (QED) is 0.624. The van der Waals surface area contributed by atoms with E-state index in [1.807, 2.05) is 12.1 Å². The van der Waals surface area contributed by atoms with Crippen LogP contribution in [0.15, 0.2) is 47.7 Å². The lowest BCUT2D eigenvalue weighted by Crippen LogP contribution is -2.48. The second kappa shape index (κ2) is 7.76. The topological polar surface area (TPSA) is 63.9 Å². The molecule has 1 aromatic carbocycles. The Morgan fingerprint density at radius 2 is 1.93 bits per heavy atom. The zero-order chi connectivity index (χ0) is 20.6. The number of aromatic nitrogens is 4.